The Labute approximate surface area is 165 Å². The van der Waals surface area contributed by atoms with Gasteiger partial charge in [0.25, 0.3) is 0 Å². The number of fused-ring (bicyclic) bond motifs is 1. The number of Topliss-reactive ketones (excluding diaryl/α,β-unsaturated/α-hetero) is 1. The second-order valence-electron chi connectivity index (χ2n) is 6.20. The summed E-state index contributed by atoms with van der Waals surface area (Å²) in [7, 11) is 0. The maximum absolute atomic E-state index is 12.1. The van der Waals surface area contributed by atoms with Gasteiger partial charge in [-0.25, -0.2) is 4.98 Å². The fourth-order valence-electron chi connectivity index (χ4n) is 3.07. The van der Waals surface area contributed by atoms with E-state index in [1.807, 2.05) is 18.2 Å². The normalized spacial score (nSPS) is 17.9. The van der Waals surface area contributed by atoms with E-state index in [4.69, 9.17) is 0 Å². The van der Waals surface area contributed by atoms with Gasteiger partial charge >= 0.3 is 0 Å². The van der Waals surface area contributed by atoms with Gasteiger partial charge in [0.1, 0.15) is 11.6 Å². The minimum Gasteiger partial charge on any atom is -0.306 e. The third kappa shape index (κ3) is 3.82. The van der Waals surface area contributed by atoms with Crippen molar-refractivity contribution in [3.63, 3.8) is 0 Å². The summed E-state index contributed by atoms with van der Waals surface area (Å²) >= 11 is 4.99. The van der Waals surface area contributed by atoms with Gasteiger partial charge in [-0.2, -0.15) is 0 Å². The van der Waals surface area contributed by atoms with E-state index in [1.54, 1.807) is 34.9 Å². The predicted octanol–water partition coefficient (Wildman–Crippen LogP) is 4.80. The lowest BCUT2D eigenvalue weighted by atomic mass is 9.99. The van der Waals surface area contributed by atoms with Crippen molar-refractivity contribution in [3.8, 4) is 0 Å². The predicted molar refractivity (Wildman–Crippen MR) is 108 cm³/mol. The summed E-state index contributed by atoms with van der Waals surface area (Å²) in [5.74, 6) is 2.04. The van der Waals surface area contributed by atoms with Crippen molar-refractivity contribution < 1.29 is 4.79 Å². The third-order valence-corrected chi connectivity index (χ3v) is 7.93. The van der Waals surface area contributed by atoms with Gasteiger partial charge in [0.2, 0.25) is 0 Å². The first-order chi connectivity index (χ1) is 12.7. The third-order valence-electron chi connectivity index (χ3n) is 4.45. The lowest BCUT2D eigenvalue weighted by Gasteiger charge is -2.19. The highest BCUT2D eigenvalue weighted by Crippen LogP contribution is 2.33. The standard InChI is InChI=1S/C18H20N4OS3/c1-2-22-16(11-24-18-19-12-7-3-5-9-14(12)26-18)20-21-17(22)25-15-10-6-4-8-13(15)23/h3,5,7,9,15H,2,4,6,8,10-11H2,1H3/t15-/m0/s1. The maximum Gasteiger partial charge on any atom is 0.191 e. The number of nitrogens with zero attached hydrogens (tertiary/aromatic N) is 4. The molecule has 1 atom stereocenters. The van der Waals surface area contributed by atoms with Crippen LogP contribution >= 0.6 is 34.9 Å². The molecule has 3 aromatic rings. The maximum atomic E-state index is 12.1. The Bertz CT molecular complexity index is 887. The van der Waals surface area contributed by atoms with E-state index in [0.29, 0.717) is 12.2 Å². The zero-order valence-electron chi connectivity index (χ0n) is 14.6. The second kappa shape index (κ2) is 8.10. The lowest BCUT2D eigenvalue weighted by molar-refractivity contribution is -0.119. The Morgan fingerprint density at radius 2 is 2.15 bits per heavy atom. The van der Waals surface area contributed by atoms with Gasteiger partial charge in [0.05, 0.1) is 21.2 Å². The molecule has 0 spiro atoms. The first-order valence-electron chi connectivity index (χ1n) is 8.84. The van der Waals surface area contributed by atoms with Crippen LogP contribution in [-0.4, -0.2) is 30.8 Å². The van der Waals surface area contributed by atoms with Crippen LogP contribution < -0.4 is 0 Å². The molecule has 1 fully saturated rings. The van der Waals surface area contributed by atoms with Gasteiger partial charge < -0.3 is 4.57 Å². The first kappa shape index (κ1) is 18.0. The van der Waals surface area contributed by atoms with Gasteiger partial charge in [0, 0.05) is 13.0 Å². The quantitative estimate of drug-likeness (QED) is 0.550. The summed E-state index contributed by atoms with van der Waals surface area (Å²) in [4.78, 5) is 16.8. The molecular formula is C18H20N4OS3. The van der Waals surface area contributed by atoms with Crippen molar-refractivity contribution in [3.05, 3.63) is 30.1 Å². The molecule has 0 N–H and O–H groups in total. The molecule has 1 aliphatic carbocycles. The molecule has 0 amide bonds. The van der Waals surface area contributed by atoms with E-state index in [-0.39, 0.29) is 5.25 Å². The zero-order valence-corrected chi connectivity index (χ0v) is 17.0. The number of hydrogen-bond acceptors (Lipinski definition) is 7. The molecule has 0 radical (unpaired) electrons. The van der Waals surface area contributed by atoms with Gasteiger partial charge in [0.15, 0.2) is 9.50 Å². The lowest BCUT2D eigenvalue weighted by Crippen LogP contribution is -2.22. The van der Waals surface area contributed by atoms with Gasteiger partial charge in [-0.15, -0.1) is 21.5 Å². The number of carbonyl (C=O) groups is 1. The van der Waals surface area contributed by atoms with Crippen LogP contribution in [0.2, 0.25) is 0 Å². The highest BCUT2D eigenvalue weighted by Gasteiger charge is 2.26. The van der Waals surface area contributed by atoms with Crippen molar-refractivity contribution in [2.24, 2.45) is 0 Å². The van der Waals surface area contributed by atoms with Crippen LogP contribution in [0.15, 0.2) is 33.8 Å². The fraction of sp³-hybridized carbons (Fsp3) is 0.444. The summed E-state index contributed by atoms with van der Waals surface area (Å²) in [5.41, 5.74) is 1.05. The fourth-order valence-corrected chi connectivity index (χ4v) is 6.32. The number of benzene rings is 1. The summed E-state index contributed by atoms with van der Waals surface area (Å²) in [6.45, 7) is 2.91. The number of thiazole rings is 1. The number of ketones is 1. The van der Waals surface area contributed by atoms with Crippen molar-refractivity contribution in [2.45, 2.75) is 59.7 Å². The molecule has 136 valence electrons. The van der Waals surface area contributed by atoms with Crippen LogP contribution in [0.5, 0.6) is 0 Å². The number of hydrogen-bond donors (Lipinski definition) is 0. The van der Waals surface area contributed by atoms with E-state index in [0.717, 1.165) is 52.4 Å². The monoisotopic (exact) mass is 404 g/mol. The molecule has 0 saturated heterocycles. The molecule has 4 rings (SSSR count). The van der Waals surface area contributed by atoms with Gasteiger partial charge in [-0.05, 0) is 31.9 Å². The molecule has 2 aromatic heterocycles. The first-order valence-corrected chi connectivity index (χ1v) is 11.5. The molecule has 1 aliphatic rings. The van der Waals surface area contributed by atoms with Crippen LogP contribution in [0.1, 0.15) is 38.4 Å². The Morgan fingerprint density at radius 3 is 2.96 bits per heavy atom. The minimum atomic E-state index is 0.0445. The molecule has 0 aliphatic heterocycles. The van der Waals surface area contributed by atoms with Gasteiger partial charge in [-0.3, -0.25) is 4.79 Å². The van der Waals surface area contributed by atoms with Crippen molar-refractivity contribution in [1.82, 2.24) is 19.7 Å². The van der Waals surface area contributed by atoms with Crippen LogP contribution in [-0.2, 0) is 17.1 Å². The smallest absolute Gasteiger partial charge is 0.191 e. The molecule has 1 aromatic carbocycles. The Hall–Kier alpha value is -1.38. The van der Waals surface area contributed by atoms with E-state index in [1.165, 1.54) is 4.70 Å². The van der Waals surface area contributed by atoms with Crippen LogP contribution in [0.25, 0.3) is 10.2 Å². The molecule has 0 bridgehead atoms. The van der Waals surface area contributed by atoms with E-state index in [9.17, 15) is 4.79 Å². The molecule has 26 heavy (non-hydrogen) atoms. The molecule has 2 heterocycles. The van der Waals surface area contributed by atoms with Crippen LogP contribution in [0, 0.1) is 0 Å². The Balaban J connectivity index is 1.46. The zero-order chi connectivity index (χ0) is 17.9. The summed E-state index contributed by atoms with van der Waals surface area (Å²) in [6.07, 6.45) is 3.82. The topological polar surface area (TPSA) is 60.7 Å². The molecule has 0 unspecified atom stereocenters. The second-order valence-corrected chi connectivity index (χ2v) is 9.62. The van der Waals surface area contributed by atoms with Crippen LogP contribution in [0.3, 0.4) is 0 Å². The number of thioether (sulfide) groups is 2. The number of para-hydroxylation sites is 1. The van der Waals surface area contributed by atoms with Crippen molar-refractivity contribution >= 4 is 50.9 Å². The highest BCUT2D eigenvalue weighted by molar-refractivity contribution is 8.00. The Kier molecular flexibility index (Phi) is 5.61. The minimum absolute atomic E-state index is 0.0445. The largest absolute Gasteiger partial charge is 0.306 e. The number of carbonyl (C=O) groups excluding carboxylic acids is 1. The van der Waals surface area contributed by atoms with E-state index >= 15 is 0 Å². The van der Waals surface area contributed by atoms with Gasteiger partial charge in [-0.1, -0.05) is 42.1 Å². The summed E-state index contributed by atoms with van der Waals surface area (Å²) < 4.78 is 4.39. The molecule has 8 heteroatoms. The van der Waals surface area contributed by atoms with Crippen LogP contribution in [0.4, 0.5) is 0 Å². The number of aromatic nitrogens is 4. The molecule has 1 saturated carbocycles. The van der Waals surface area contributed by atoms with Crippen molar-refractivity contribution in [2.75, 3.05) is 0 Å². The van der Waals surface area contributed by atoms with E-state index < -0.39 is 0 Å². The molecule has 5 nitrogen and oxygen atoms in total. The number of rotatable bonds is 6. The molecular weight excluding hydrogens is 384 g/mol. The average Bonchev–Trinajstić information content (AvgIpc) is 3.24. The average molecular weight is 405 g/mol. The highest BCUT2D eigenvalue weighted by atomic mass is 32.2. The SMILES string of the molecule is CCn1c(CSc2nc3ccccc3s2)nnc1S[C@H]1CCCCC1=O. The summed E-state index contributed by atoms with van der Waals surface area (Å²) in [5, 5.41) is 9.66. The Morgan fingerprint density at radius 1 is 1.27 bits per heavy atom. The van der Waals surface area contributed by atoms with Crippen molar-refractivity contribution in [1.29, 1.82) is 0 Å². The van der Waals surface area contributed by atoms with E-state index in [2.05, 4.69) is 32.7 Å². The summed E-state index contributed by atoms with van der Waals surface area (Å²) in [6, 6.07) is 8.20.